The second-order valence-electron chi connectivity index (χ2n) is 5.66. The number of fused-ring (bicyclic) bond motifs is 2. The van der Waals surface area contributed by atoms with Gasteiger partial charge in [-0.1, -0.05) is 23.7 Å². The number of aliphatic imine (C=N–C) groups is 1. The van der Waals surface area contributed by atoms with Crippen LogP contribution in [0.3, 0.4) is 0 Å². The minimum atomic E-state index is -0.118. The first-order valence-corrected chi connectivity index (χ1v) is 8.81. The molecule has 6 heteroatoms. The molecule has 1 unspecified atom stereocenters. The first-order valence-electron chi connectivity index (χ1n) is 7.55. The number of nitrogens with zero attached hydrogens (tertiary/aromatic N) is 2. The van der Waals surface area contributed by atoms with Gasteiger partial charge in [0, 0.05) is 21.9 Å². The molecule has 2 aromatic rings. The Morgan fingerprint density at radius 3 is 2.75 bits per heavy atom. The fourth-order valence-electron chi connectivity index (χ4n) is 2.85. The lowest BCUT2D eigenvalue weighted by Gasteiger charge is -2.22. The number of benzene rings is 2. The Hall–Kier alpha value is -2.11. The maximum atomic E-state index is 12.5. The zero-order chi connectivity index (χ0) is 16.7. The number of rotatable bonds is 3. The molecule has 0 aromatic heterocycles. The molecule has 24 heavy (non-hydrogen) atoms. The van der Waals surface area contributed by atoms with Gasteiger partial charge in [0.2, 0.25) is 5.91 Å². The molecule has 4 nitrogen and oxygen atoms in total. The normalized spacial score (nSPS) is 18.9. The number of hydrogen-bond donors (Lipinski definition) is 0. The highest BCUT2D eigenvalue weighted by atomic mass is 35.5. The van der Waals surface area contributed by atoms with Gasteiger partial charge in [0.05, 0.1) is 17.5 Å². The fraction of sp³-hybridized carbons (Fsp3) is 0.167. The van der Waals surface area contributed by atoms with Gasteiger partial charge < -0.3 is 0 Å². The van der Waals surface area contributed by atoms with Crippen LogP contribution >= 0.6 is 23.4 Å². The number of carbonyl (C=O) groups excluding carboxylic acids is 2. The number of amidine groups is 1. The predicted molar refractivity (Wildman–Crippen MR) is 95.3 cm³/mol. The fourth-order valence-corrected chi connectivity index (χ4v) is 4.19. The largest absolute Gasteiger partial charge is 0.292 e. The number of ketones is 1. The molecule has 0 spiro atoms. The predicted octanol–water partition coefficient (Wildman–Crippen LogP) is 3.96. The second kappa shape index (κ2) is 6.07. The van der Waals surface area contributed by atoms with Crippen molar-refractivity contribution >= 4 is 46.6 Å². The number of likely N-dealkylation sites (tertiary alicyclic amines) is 1. The van der Waals surface area contributed by atoms with Gasteiger partial charge in [-0.2, -0.15) is 0 Å². The highest BCUT2D eigenvalue weighted by Gasteiger charge is 2.40. The monoisotopic (exact) mass is 356 g/mol. The molecule has 2 aliphatic heterocycles. The van der Waals surface area contributed by atoms with Gasteiger partial charge in [0.1, 0.15) is 5.84 Å². The Bertz CT molecular complexity index is 864. The molecule has 1 atom stereocenters. The van der Waals surface area contributed by atoms with Crippen molar-refractivity contribution in [2.24, 2.45) is 4.99 Å². The zero-order valence-corrected chi connectivity index (χ0v) is 14.2. The third-order valence-corrected chi connectivity index (χ3v) is 5.58. The summed E-state index contributed by atoms with van der Waals surface area (Å²) in [6.07, 6.45) is 0.381. The third-order valence-electron chi connectivity index (χ3n) is 4.06. The SMILES string of the molecule is O=C(CN1C(=O)CC2Sc3ccccc3N=C21)c1ccc(Cl)cc1. The molecule has 0 aliphatic carbocycles. The minimum absolute atomic E-state index is 0.00887. The maximum Gasteiger partial charge on any atom is 0.229 e. The van der Waals surface area contributed by atoms with Crippen molar-refractivity contribution in [1.29, 1.82) is 0 Å². The van der Waals surface area contributed by atoms with E-state index in [1.165, 1.54) is 4.90 Å². The van der Waals surface area contributed by atoms with Crippen LogP contribution in [0.15, 0.2) is 58.4 Å². The first kappa shape index (κ1) is 15.4. The minimum Gasteiger partial charge on any atom is -0.292 e. The average Bonchev–Trinajstić information content (AvgIpc) is 2.88. The quantitative estimate of drug-likeness (QED) is 0.782. The van der Waals surface area contributed by atoms with Crippen molar-refractivity contribution in [2.75, 3.05) is 6.54 Å². The molecule has 0 radical (unpaired) electrons. The summed E-state index contributed by atoms with van der Waals surface area (Å²) in [7, 11) is 0. The Morgan fingerprint density at radius 2 is 1.96 bits per heavy atom. The molecule has 0 N–H and O–H groups in total. The molecule has 0 saturated carbocycles. The molecule has 120 valence electrons. The molecule has 2 aliphatic rings. The Balaban J connectivity index is 1.61. The summed E-state index contributed by atoms with van der Waals surface area (Å²) in [5.41, 5.74) is 1.40. The van der Waals surface area contributed by atoms with Crippen molar-refractivity contribution in [3.8, 4) is 0 Å². The van der Waals surface area contributed by atoms with Gasteiger partial charge in [-0.3, -0.25) is 14.5 Å². The van der Waals surface area contributed by atoms with Gasteiger partial charge >= 0.3 is 0 Å². The average molecular weight is 357 g/mol. The van der Waals surface area contributed by atoms with Crippen molar-refractivity contribution in [3.05, 3.63) is 59.1 Å². The summed E-state index contributed by atoms with van der Waals surface area (Å²) in [6.45, 7) is 0.0124. The number of thioether (sulfide) groups is 1. The van der Waals surface area contributed by atoms with Crippen molar-refractivity contribution in [1.82, 2.24) is 4.90 Å². The van der Waals surface area contributed by atoms with Crippen LogP contribution < -0.4 is 0 Å². The Morgan fingerprint density at radius 1 is 1.21 bits per heavy atom. The molecular weight excluding hydrogens is 344 g/mol. The van der Waals surface area contributed by atoms with Gasteiger partial charge in [-0.15, -0.1) is 11.8 Å². The van der Waals surface area contributed by atoms with Crippen molar-refractivity contribution in [3.63, 3.8) is 0 Å². The van der Waals surface area contributed by atoms with E-state index in [4.69, 9.17) is 11.6 Å². The molecule has 0 bridgehead atoms. The van der Waals surface area contributed by atoms with Crippen LogP contribution in [-0.4, -0.2) is 34.2 Å². The Kier molecular flexibility index (Phi) is 3.90. The maximum absolute atomic E-state index is 12.5. The van der Waals surface area contributed by atoms with Crippen LogP contribution in [0.4, 0.5) is 5.69 Å². The lowest BCUT2D eigenvalue weighted by Crippen LogP contribution is -2.36. The standard InChI is InChI=1S/C18H13ClN2O2S/c19-12-7-5-11(6-8-12)14(22)10-21-17(23)9-16-18(21)20-13-3-1-2-4-15(13)24-16/h1-8,16H,9-10H2. The molecule has 4 rings (SSSR count). The van der Waals surface area contributed by atoms with E-state index in [0.717, 1.165) is 10.6 Å². The second-order valence-corrected chi connectivity index (χ2v) is 7.34. The topological polar surface area (TPSA) is 49.7 Å². The van der Waals surface area contributed by atoms with Crippen LogP contribution in [0.25, 0.3) is 0 Å². The van der Waals surface area contributed by atoms with E-state index in [1.807, 2.05) is 24.3 Å². The molecule has 1 saturated heterocycles. The van der Waals surface area contributed by atoms with Crippen LogP contribution in [0.1, 0.15) is 16.8 Å². The van der Waals surface area contributed by atoms with E-state index in [0.29, 0.717) is 22.8 Å². The Labute approximate surface area is 148 Å². The summed E-state index contributed by atoms with van der Waals surface area (Å²) in [5, 5.41) is 0.568. The van der Waals surface area contributed by atoms with Crippen LogP contribution in [0.5, 0.6) is 0 Å². The smallest absolute Gasteiger partial charge is 0.229 e. The molecule has 1 fully saturated rings. The van der Waals surface area contributed by atoms with E-state index in [2.05, 4.69) is 4.99 Å². The number of Topliss-reactive ketones (excluding diaryl/α,β-unsaturated/α-hetero) is 1. The molecule has 2 heterocycles. The van der Waals surface area contributed by atoms with E-state index in [9.17, 15) is 9.59 Å². The number of hydrogen-bond acceptors (Lipinski definition) is 4. The van der Waals surface area contributed by atoms with Crippen LogP contribution in [0.2, 0.25) is 5.02 Å². The van der Waals surface area contributed by atoms with Crippen LogP contribution in [-0.2, 0) is 4.79 Å². The zero-order valence-electron chi connectivity index (χ0n) is 12.6. The van der Waals surface area contributed by atoms with E-state index in [1.54, 1.807) is 36.0 Å². The number of carbonyl (C=O) groups is 2. The lowest BCUT2D eigenvalue weighted by atomic mass is 10.1. The third kappa shape index (κ3) is 2.74. The number of amides is 1. The van der Waals surface area contributed by atoms with Crippen molar-refractivity contribution < 1.29 is 9.59 Å². The van der Waals surface area contributed by atoms with Crippen molar-refractivity contribution in [2.45, 2.75) is 16.6 Å². The van der Waals surface area contributed by atoms with Gasteiger partial charge in [0.15, 0.2) is 5.78 Å². The van der Waals surface area contributed by atoms with Gasteiger partial charge in [-0.05, 0) is 36.4 Å². The summed E-state index contributed by atoms with van der Waals surface area (Å²) < 4.78 is 0. The van der Waals surface area contributed by atoms with E-state index in [-0.39, 0.29) is 23.5 Å². The van der Waals surface area contributed by atoms with E-state index < -0.39 is 0 Å². The van der Waals surface area contributed by atoms with Crippen LogP contribution in [0, 0.1) is 0 Å². The molecular formula is C18H13ClN2O2S. The lowest BCUT2D eigenvalue weighted by molar-refractivity contribution is -0.125. The first-order chi connectivity index (χ1) is 11.6. The molecule has 2 aromatic carbocycles. The molecule has 1 amide bonds. The van der Waals surface area contributed by atoms with Gasteiger partial charge in [0.25, 0.3) is 0 Å². The number of para-hydroxylation sites is 1. The van der Waals surface area contributed by atoms with E-state index >= 15 is 0 Å². The summed E-state index contributed by atoms with van der Waals surface area (Å²) >= 11 is 7.49. The van der Waals surface area contributed by atoms with Gasteiger partial charge in [-0.25, -0.2) is 4.99 Å². The summed E-state index contributed by atoms with van der Waals surface area (Å²) in [4.78, 5) is 32.1. The summed E-state index contributed by atoms with van der Waals surface area (Å²) in [6, 6.07) is 14.5. The highest BCUT2D eigenvalue weighted by molar-refractivity contribution is 8.01. The number of halogens is 1. The highest BCUT2D eigenvalue weighted by Crippen LogP contribution is 2.42. The summed E-state index contributed by atoms with van der Waals surface area (Å²) in [5.74, 6) is 0.514.